The van der Waals surface area contributed by atoms with Crippen LogP contribution >= 0.6 is 0 Å². The molecule has 0 bridgehead atoms. The summed E-state index contributed by atoms with van der Waals surface area (Å²) in [6.45, 7) is 6.82. The van der Waals surface area contributed by atoms with Crippen LogP contribution in [0.3, 0.4) is 0 Å². The molecular weight excluding hydrogens is 146 g/mol. The van der Waals surface area contributed by atoms with Gasteiger partial charge in [-0.2, -0.15) is 0 Å². The highest BCUT2D eigenvalue weighted by Crippen LogP contribution is 2.47. The molecule has 0 saturated heterocycles. The number of hydrogen-bond acceptors (Lipinski definition) is 1. The fraction of sp³-hybridized carbons (Fsp3) is 1.00. The van der Waals surface area contributed by atoms with Gasteiger partial charge in [0.05, 0.1) is 0 Å². The molecule has 0 aromatic carbocycles. The zero-order valence-corrected chi connectivity index (χ0v) is 8.56. The van der Waals surface area contributed by atoms with Gasteiger partial charge in [-0.3, -0.25) is 0 Å². The van der Waals surface area contributed by atoms with Crippen molar-refractivity contribution >= 4 is 0 Å². The van der Waals surface area contributed by atoms with Crippen molar-refractivity contribution in [2.24, 2.45) is 11.8 Å². The molecule has 0 aromatic rings. The Hall–Kier alpha value is -0.0400. The van der Waals surface area contributed by atoms with Gasteiger partial charge < -0.3 is 5.32 Å². The SMILES string of the molecule is CC(C)(C)NC1C[C@@H]2CCC[C@H]12. The van der Waals surface area contributed by atoms with Crippen molar-refractivity contribution in [3.63, 3.8) is 0 Å². The molecular formula is C11H21N. The molecule has 70 valence electrons. The van der Waals surface area contributed by atoms with E-state index in [0.717, 1.165) is 17.9 Å². The molecule has 2 saturated carbocycles. The van der Waals surface area contributed by atoms with Crippen LogP contribution in [-0.4, -0.2) is 11.6 Å². The Morgan fingerprint density at radius 1 is 1.17 bits per heavy atom. The summed E-state index contributed by atoms with van der Waals surface area (Å²) in [4.78, 5) is 0. The molecule has 0 aliphatic heterocycles. The van der Waals surface area contributed by atoms with Gasteiger partial charge in [-0.25, -0.2) is 0 Å². The van der Waals surface area contributed by atoms with Crippen molar-refractivity contribution in [2.75, 3.05) is 0 Å². The quantitative estimate of drug-likeness (QED) is 0.633. The van der Waals surface area contributed by atoms with Gasteiger partial charge in [0.1, 0.15) is 0 Å². The minimum atomic E-state index is 0.318. The van der Waals surface area contributed by atoms with Crippen LogP contribution in [0.2, 0.25) is 0 Å². The highest BCUT2D eigenvalue weighted by molar-refractivity contribution is 4.99. The lowest BCUT2D eigenvalue weighted by Crippen LogP contribution is -2.54. The Labute approximate surface area is 75.9 Å². The largest absolute Gasteiger partial charge is 0.309 e. The molecule has 1 heteroatoms. The first-order valence-corrected chi connectivity index (χ1v) is 5.34. The topological polar surface area (TPSA) is 12.0 Å². The van der Waals surface area contributed by atoms with Crippen LogP contribution < -0.4 is 5.32 Å². The normalized spacial score (nSPS) is 40.8. The average Bonchev–Trinajstić information content (AvgIpc) is 2.24. The van der Waals surface area contributed by atoms with Gasteiger partial charge in [0, 0.05) is 11.6 Å². The van der Waals surface area contributed by atoms with Crippen molar-refractivity contribution in [1.29, 1.82) is 0 Å². The third kappa shape index (κ3) is 1.52. The summed E-state index contributed by atoms with van der Waals surface area (Å²) in [5, 5.41) is 3.73. The molecule has 2 aliphatic carbocycles. The van der Waals surface area contributed by atoms with Gasteiger partial charge in [0.15, 0.2) is 0 Å². The summed E-state index contributed by atoms with van der Waals surface area (Å²) in [7, 11) is 0. The molecule has 12 heavy (non-hydrogen) atoms. The number of rotatable bonds is 1. The van der Waals surface area contributed by atoms with Gasteiger partial charge in [0.25, 0.3) is 0 Å². The Bertz CT molecular complexity index is 168. The standard InChI is InChI=1S/C11H21N/c1-11(2,3)12-10-7-8-5-4-6-9(8)10/h8-10,12H,4-7H2,1-3H3/t8-,9-,10?/m0/s1. The van der Waals surface area contributed by atoms with Crippen LogP contribution in [0.15, 0.2) is 0 Å². The van der Waals surface area contributed by atoms with Crippen LogP contribution in [0, 0.1) is 11.8 Å². The summed E-state index contributed by atoms with van der Waals surface area (Å²) >= 11 is 0. The lowest BCUT2D eigenvalue weighted by Gasteiger charge is -2.44. The second-order valence-corrected chi connectivity index (χ2v) is 5.59. The summed E-state index contributed by atoms with van der Waals surface area (Å²) in [6, 6.07) is 0.845. The van der Waals surface area contributed by atoms with Crippen molar-refractivity contribution < 1.29 is 0 Å². The van der Waals surface area contributed by atoms with Crippen molar-refractivity contribution in [1.82, 2.24) is 5.32 Å². The molecule has 0 heterocycles. The molecule has 1 N–H and O–H groups in total. The van der Waals surface area contributed by atoms with Gasteiger partial charge in [-0.1, -0.05) is 12.8 Å². The maximum Gasteiger partial charge on any atom is 0.0106 e. The molecule has 0 spiro atoms. The van der Waals surface area contributed by atoms with E-state index in [1.54, 1.807) is 0 Å². The molecule has 2 fully saturated rings. The second-order valence-electron chi connectivity index (χ2n) is 5.59. The first-order valence-electron chi connectivity index (χ1n) is 5.34. The van der Waals surface area contributed by atoms with Crippen molar-refractivity contribution in [3.05, 3.63) is 0 Å². The Morgan fingerprint density at radius 3 is 2.50 bits per heavy atom. The van der Waals surface area contributed by atoms with Crippen LogP contribution in [0.4, 0.5) is 0 Å². The summed E-state index contributed by atoms with van der Waals surface area (Å²) < 4.78 is 0. The molecule has 2 rings (SSSR count). The Kier molecular flexibility index (Phi) is 1.95. The maximum atomic E-state index is 3.73. The highest BCUT2D eigenvalue weighted by atomic mass is 15.0. The zero-order chi connectivity index (χ0) is 8.77. The number of nitrogens with one attached hydrogen (secondary N) is 1. The van der Waals surface area contributed by atoms with Gasteiger partial charge in [0.2, 0.25) is 0 Å². The monoisotopic (exact) mass is 167 g/mol. The van der Waals surface area contributed by atoms with E-state index in [1.165, 1.54) is 25.7 Å². The number of fused-ring (bicyclic) bond motifs is 1. The zero-order valence-electron chi connectivity index (χ0n) is 8.56. The Morgan fingerprint density at radius 2 is 1.92 bits per heavy atom. The second kappa shape index (κ2) is 2.73. The molecule has 2 aliphatic rings. The fourth-order valence-electron chi connectivity index (χ4n) is 2.92. The van der Waals surface area contributed by atoms with E-state index in [0.29, 0.717) is 5.54 Å². The van der Waals surface area contributed by atoms with Crippen molar-refractivity contribution in [3.8, 4) is 0 Å². The summed E-state index contributed by atoms with van der Waals surface area (Å²) in [5.41, 5.74) is 0.318. The van der Waals surface area contributed by atoms with Gasteiger partial charge in [-0.15, -0.1) is 0 Å². The first-order chi connectivity index (χ1) is 5.56. The smallest absolute Gasteiger partial charge is 0.0106 e. The van der Waals surface area contributed by atoms with E-state index in [-0.39, 0.29) is 0 Å². The van der Waals surface area contributed by atoms with Gasteiger partial charge in [-0.05, 0) is 45.4 Å². The first kappa shape index (κ1) is 8.55. The minimum Gasteiger partial charge on any atom is -0.309 e. The van der Waals surface area contributed by atoms with Gasteiger partial charge >= 0.3 is 0 Å². The predicted octanol–water partition coefficient (Wildman–Crippen LogP) is 2.56. The molecule has 0 radical (unpaired) electrons. The van der Waals surface area contributed by atoms with Crippen LogP contribution in [0.1, 0.15) is 46.5 Å². The summed E-state index contributed by atoms with van der Waals surface area (Å²) in [6.07, 6.45) is 5.92. The molecule has 0 amide bonds. The van der Waals surface area contributed by atoms with E-state index in [4.69, 9.17) is 0 Å². The van der Waals surface area contributed by atoms with Crippen LogP contribution in [0.5, 0.6) is 0 Å². The lowest BCUT2D eigenvalue weighted by molar-refractivity contribution is 0.112. The molecule has 1 nitrogen and oxygen atoms in total. The molecule has 3 atom stereocenters. The van der Waals surface area contributed by atoms with E-state index in [9.17, 15) is 0 Å². The Balaban J connectivity index is 1.85. The molecule has 0 aromatic heterocycles. The predicted molar refractivity (Wildman–Crippen MR) is 52.1 cm³/mol. The fourth-order valence-corrected chi connectivity index (χ4v) is 2.92. The van der Waals surface area contributed by atoms with Crippen LogP contribution in [-0.2, 0) is 0 Å². The van der Waals surface area contributed by atoms with Crippen molar-refractivity contribution in [2.45, 2.75) is 58.0 Å². The van der Waals surface area contributed by atoms with Crippen LogP contribution in [0.25, 0.3) is 0 Å². The number of hydrogen-bond donors (Lipinski definition) is 1. The lowest BCUT2D eigenvalue weighted by atomic mass is 9.71. The highest BCUT2D eigenvalue weighted by Gasteiger charge is 2.44. The van der Waals surface area contributed by atoms with E-state index < -0.39 is 0 Å². The maximum absolute atomic E-state index is 3.73. The third-order valence-electron chi connectivity index (χ3n) is 3.41. The van der Waals surface area contributed by atoms with E-state index in [2.05, 4.69) is 26.1 Å². The van der Waals surface area contributed by atoms with E-state index in [1.807, 2.05) is 0 Å². The summed E-state index contributed by atoms with van der Waals surface area (Å²) in [5.74, 6) is 2.12. The average molecular weight is 167 g/mol. The minimum absolute atomic E-state index is 0.318. The third-order valence-corrected chi connectivity index (χ3v) is 3.41. The van der Waals surface area contributed by atoms with E-state index >= 15 is 0 Å². The molecule has 1 unspecified atom stereocenters.